The molecule has 0 spiro atoms. The van der Waals surface area contributed by atoms with E-state index >= 15 is 0 Å². The molecule has 6 rings (SSSR count). The molecule has 10 heteroatoms. The Kier molecular flexibility index (Phi) is 9.68. The fourth-order valence-corrected chi connectivity index (χ4v) is 5.39. The second-order valence-electron chi connectivity index (χ2n) is 13.3. The zero-order valence-electron chi connectivity index (χ0n) is 28.9. The minimum atomic E-state index is -0.592. The highest BCUT2D eigenvalue weighted by atomic mass is 16.6. The van der Waals surface area contributed by atoms with E-state index in [-0.39, 0.29) is 5.69 Å². The van der Waals surface area contributed by atoms with Crippen molar-refractivity contribution in [2.75, 3.05) is 16.4 Å². The smallest absolute Gasteiger partial charge is 0.311 e. The van der Waals surface area contributed by atoms with Gasteiger partial charge < -0.3 is 16.4 Å². The number of benzene rings is 4. The van der Waals surface area contributed by atoms with Gasteiger partial charge in [0.05, 0.1) is 56.5 Å². The van der Waals surface area contributed by atoms with Crippen LogP contribution in [-0.4, -0.2) is 14.9 Å². The number of anilines is 5. The van der Waals surface area contributed by atoms with E-state index in [0.717, 1.165) is 44.5 Å². The number of nitriles is 2. The van der Waals surface area contributed by atoms with Crippen LogP contribution in [-0.2, 0) is 10.8 Å². The van der Waals surface area contributed by atoms with Crippen molar-refractivity contribution in [3.63, 3.8) is 0 Å². The number of nitro groups is 1. The van der Waals surface area contributed by atoms with E-state index in [1.54, 1.807) is 6.20 Å². The number of nitrogens with zero attached hydrogens (tertiary/aromatic N) is 5. The predicted molar refractivity (Wildman–Crippen MR) is 201 cm³/mol. The molecule has 2 aromatic heterocycles. The highest BCUT2D eigenvalue weighted by Gasteiger charge is 2.22. The highest BCUT2D eigenvalue weighted by Crippen LogP contribution is 2.36. The number of rotatable bonds is 7. The zero-order chi connectivity index (χ0) is 36.2. The number of nitrogen functional groups attached to an aromatic ring is 1. The second kappa shape index (κ2) is 13.9. The molecule has 0 saturated heterocycles. The maximum Gasteiger partial charge on any atom is 0.311 e. The number of hydrogen-bond donors (Lipinski definition) is 3. The van der Waals surface area contributed by atoms with Crippen LogP contribution in [0, 0.1) is 46.6 Å². The lowest BCUT2D eigenvalue weighted by atomic mass is 9.86. The van der Waals surface area contributed by atoms with E-state index in [0.29, 0.717) is 28.0 Å². The first-order valence-electron chi connectivity index (χ1n) is 16.0. The average molecular weight is 663 g/mol. The summed E-state index contributed by atoms with van der Waals surface area (Å²) in [5, 5.41) is 38.2. The van der Waals surface area contributed by atoms with Gasteiger partial charge in [0.1, 0.15) is 11.9 Å². The van der Waals surface area contributed by atoms with E-state index in [2.05, 4.69) is 38.8 Å². The molecule has 0 saturated carbocycles. The Morgan fingerprint density at radius 2 is 1.10 bits per heavy atom. The van der Waals surface area contributed by atoms with Crippen LogP contribution in [0.2, 0.25) is 0 Å². The third kappa shape index (κ3) is 7.46. The quantitative estimate of drug-likeness (QED) is 0.111. The van der Waals surface area contributed by atoms with Crippen LogP contribution in [0.3, 0.4) is 0 Å². The number of hydrogen-bond acceptors (Lipinski definition) is 9. The molecule has 2 heterocycles. The molecule has 6 aromatic rings. The number of fused-ring (bicyclic) bond motifs is 2. The summed E-state index contributed by atoms with van der Waals surface area (Å²) in [6, 6.07) is 31.6. The molecule has 250 valence electrons. The second-order valence-corrected chi connectivity index (χ2v) is 13.3. The van der Waals surface area contributed by atoms with Gasteiger partial charge in [0, 0.05) is 22.1 Å². The maximum atomic E-state index is 11.5. The fraction of sp³-hybridized carbons (Fsp3) is 0.200. The van der Waals surface area contributed by atoms with Gasteiger partial charge in [-0.3, -0.25) is 15.1 Å². The average Bonchev–Trinajstić information content (AvgIpc) is 3.10. The Balaban J connectivity index is 0.000000195. The summed E-state index contributed by atoms with van der Waals surface area (Å²) in [6.45, 7) is 11.5. The number of aryl methyl sites for hydroxylation is 2. The molecule has 0 aliphatic carbocycles. The molecule has 10 nitrogen and oxygen atoms in total. The molecule has 0 aliphatic heterocycles. The zero-order valence-corrected chi connectivity index (χ0v) is 28.9. The third-order valence-electron chi connectivity index (χ3n) is 8.56. The minimum absolute atomic E-state index is 0.0791. The summed E-state index contributed by atoms with van der Waals surface area (Å²) >= 11 is 0. The molecule has 4 N–H and O–H groups in total. The van der Waals surface area contributed by atoms with Crippen LogP contribution in [0.25, 0.3) is 21.8 Å². The van der Waals surface area contributed by atoms with E-state index in [1.165, 1.54) is 6.20 Å². The predicted octanol–water partition coefficient (Wildman–Crippen LogP) is 9.67. The Morgan fingerprint density at radius 3 is 1.54 bits per heavy atom. The van der Waals surface area contributed by atoms with Gasteiger partial charge in [0.25, 0.3) is 0 Å². The summed E-state index contributed by atoms with van der Waals surface area (Å²) < 4.78 is 0. The molecule has 0 fully saturated rings. The van der Waals surface area contributed by atoms with Crippen molar-refractivity contribution in [1.82, 2.24) is 9.97 Å². The number of aromatic nitrogens is 2. The largest absolute Gasteiger partial charge is 0.396 e. The number of nitrogens with one attached hydrogen (secondary N) is 2. The monoisotopic (exact) mass is 662 g/mol. The standard InChI is InChI=1S/C20H18N4O2.C20H20N4/c1-13-4-9-17-16(10-13)19(18(11-22-17)24(25)26)23-15-7-5-14(6-8-15)20(2,3)12-21;1-13-4-9-18-16(10-13)19(17(22)11-23-18)24-15-7-5-14(6-8-15)20(2,3)12-21/h4-11H,1-3H3,(H,22,23);4-11H,22H2,1-3H3,(H,23,24). The molecule has 50 heavy (non-hydrogen) atoms. The van der Waals surface area contributed by atoms with E-state index < -0.39 is 15.8 Å². The Hall–Kier alpha value is -6.52. The number of nitrogens with two attached hydrogens (primary N) is 1. The minimum Gasteiger partial charge on any atom is -0.396 e. The first-order chi connectivity index (χ1) is 23.7. The van der Waals surface area contributed by atoms with Gasteiger partial charge in [-0.1, -0.05) is 47.5 Å². The van der Waals surface area contributed by atoms with Crippen molar-refractivity contribution in [2.24, 2.45) is 0 Å². The van der Waals surface area contributed by atoms with E-state index in [1.807, 2.05) is 120 Å². The molecule has 0 aliphatic rings. The van der Waals surface area contributed by atoms with E-state index in [9.17, 15) is 20.6 Å². The Bertz CT molecular complexity index is 2290. The summed E-state index contributed by atoms with van der Waals surface area (Å²) in [4.78, 5) is 19.6. The van der Waals surface area contributed by atoms with Crippen LogP contribution in [0.5, 0.6) is 0 Å². The van der Waals surface area contributed by atoms with Crippen molar-refractivity contribution in [3.8, 4) is 12.1 Å². The normalized spacial score (nSPS) is 11.2. The van der Waals surface area contributed by atoms with Gasteiger partial charge >= 0.3 is 5.69 Å². The van der Waals surface area contributed by atoms with Crippen LogP contribution in [0.4, 0.5) is 34.1 Å². The van der Waals surface area contributed by atoms with Crippen LogP contribution >= 0.6 is 0 Å². The van der Waals surface area contributed by atoms with Crippen molar-refractivity contribution >= 4 is 55.9 Å². The molecule has 0 atom stereocenters. The van der Waals surface area contributed by atoms with Crippen molar-refractivity contribution < 1.29 is 4.92 Å². The SMILES string of the molecule is Cc1ccc2ncc(N)c(Nc3ccc(C(C)(C)C#N)cc3)c2c1.Cc1ccc2ncc([N+](=O)[O-])c(Nc3ccc(C(C)(C)C#N)cc3)c2c1. The van der Waals surface area contributed by atoms with Crippen LogP contribution in [0.15, 0.2) is 97.3 Å². The summed E-state index contributed by atoms with van der Waals surface area (Å²) in [6.07, 6.45) is 2.94. The topological polar surface area (TPSA) is 167 Å². The molecular formula is C40H38N8O2. The highest BCUT2D eigenvalue weighted by molar-refractivity contribution is 5.99. The molecule has 4 aromatic carbocycles. The molecule has 0 bridgehead atoms. The lowest BCUT2D eigenvalue weighted by molar-refractivity contribution is -0.384. The third-order valence-corrected chi connectivity index (χ3v) is 8.56. The molecule has 0 radical (unpaired) electrons. The Labute approximate surface area is 291 Å². The first kappa shape index (κ1) is 34.8. The Morgan fingerprint density at radius 1 is 0.680 bits per heavy atom. The molecular weight excluding hydrogens is 624 g/mol. The van der Waals surface area contributed by atoms with Gasteiger partial charge in [-0.15, -0.1) is 0 Å². The van der Waals surface area contributed by atoms with Crippen LogP contribution in [0.1, 0.15) is 49.9 Å². The summed E-state index contributed by atoms with van der Waals surface area (Å²) in [5.41, 5.74) is 14.1. The lowest BCUT2D eigenvalue weighted by Gasteiger charge is -2.17. The van der Waals surface area contributed by atoms with E-state index in [4.69, 9.17) is 5.73 Å². The summed E-state index contributed by atoms with van der Waals surface area (Å²) in [7, 11) is 0. The van der Waals surface area contributed by atoms with Crippen molar-refractivity contribution in [1.29, 1.82) is 10.5 Å². The molecule has 0 unspecified atom stereocenters. The number of pyridine rings is 2. The summed E-state index contributed by atoms with van der Waals surface area (Å²) in [5.74, 6) is 0. The molecule has 0 amide bonds. The van der Waals surface area contributed by atoms with Crippen molar-refractivity contribution in [2.45, 2.75) is 52.4 Å². The first-order valence-corrected chi connectivity index (χ1v) is 16.0. The van der Waals surface area contributed by atoms with Gasteiger partial charge in [0.2, 0.25) is 0 Å². The van der Waals surface area contributed by atoms with Gasteiger partial charge in [-0.25, -0.2) is 4.98 Å². The maximum absolute atomic E-state index is 11.5. The van der Waals surface area contributed by atoms with Gasteiger partial charge in [0.15, 0.2) is 0 Å². The van der Waals surface area contributed by atoms with Gasteiger partial charge in [-0.2, -0.15) is 10.5 Å². The van der Waals surface area contributed by atoms with Gasteiger partial charge in [-0.05, 0) is 101 Å². The lowest BCUT2D eigenvalue weighted by Crippen LogP contribution is -2.13. The van der Waals surface area contributed by atoms with Crippen LogP contribution < -0.4 is 16.4 Å². The van der Waals surface area contributed by atoms with Crippen molar-refractivity contribution in [3.05, 3.63) is 130 Å². The fourth-order valence-electron chi connectivity index (χ4n) is 5.39.